The minimum atomic E-state index is -0.729. The van der Waals surface area contributed by atoms with Gasteiger partial charge in [0.05, 0.1) is 13.7 Å². The number of nitrogens with one attached hydrogen (secondary N) is 1. The zero-order valence-corrected chi connectivity index (χ0v) is 14.9. The maximum Gasteiger partial charge on any atom is 0.245 e. The average molecular weight is 351 g/mol. The Bertz CT molecular complexity index is 674. The molecular weight excluding hydrogens is 328 g/mol. The van der Waals surface area contributed by atoms with Gasteiger partial charge in [-0.1, -0.05) is 29.8 Å². The van der Waals surface area contributed by atoms with Crippen LogP contribution in [0.4, 0.5) is 5.69 Å². The smallest absolute Gasteiger partial charge is 0.245 e. The van der Waals surface area contributed by atoms with E-state index in [0.29, 0.717) is 23.8 Å². The molecule has 0 aliphatic heterocycles. The van der Waals surface area contributed by atoms with Crippen molar-refractivity contribution in [3.63, 3.8) is 0 Å². The second-order valence-corrected chi connectivity index (χ2v) is 5.18. The molecule has 3 N–H and O–H groups in total. The van der Waals surface area contributed by atoms with Gasteiger partial charge in [0.25, 0.3) is 0 Å². The van der Waals surface area contributed by atoms with Gasteiger partial charge in [-0.2, -0.15) is 0 Å². The lowest BCUT2D eigenvalue weighted by molar-refractivity contribution is -0.117. The topological polar surface area (TPSA) is 73.6 Å². The molecule has 24 heavy (non-hydrogen) atoms. The van der Waals surface area contributed by atoms with Crippen LogP contribution in [0.25, 0.3) is 0 Å². The molecule has 0 spiro atoms. The third kappa shape index (κ3) is 4.88. The number of hydrogen-bond donors (Lipinski definition) is 2. The Morgan fingerprint density at radius 1 is 1.17 bits per heavy atom. The summed E-state index contributed by atoms with van der Waals surface area (Å²) in [6.07, 6.45) is 0. The summed E-state index contributed by atoms with van der Waals surface area (Å²) in [4.78, 5) is 12.3. The van der Waals surface area contributed by atoms with Crippen LogP contribution in [0.5, 0.6) is 11.5 Å². The number of ether oxygens (including phenoxy) is 2. The molecule has 0 radical (unpaired) electrons. The number of hydrogen-bond acceptors (Lipinski definition) is 4. The molecule has 0 aliphatic rings. The molecule has 5 nitrogen and oxygen atoms in total. The van der Waals surface area contributed by atoms with Crippen molar-refractivity contribution in [2.75, 3.05) is 19.0 Å². The number of methoxy groups -OCH3 is 1. The van der Waals surface area contributed by atoms with E-state index < -0.39 is 6.04 Å². The van der Waals surface area contributed by atoms with Crippen molar-refractivity contribution in [2.24, 2.45) is 5.73 Å². The van der Waals surface area contributed by atoms with Gasteiger partial charge in [-0.15, -0.1) is 12.4 Å². The molecule has 130 valence electrons. The Hall–Kier alpha value is -2.24. The normalized spacial score (nSPS) is 11.2. The minimum Gasteiger partial charge on any atom is -0.493 e. The first-order chi connectivity index (χ1) is 11.0. The number of amides is 1. The van der Waals surface area contributed by atoms with Crippen LogP contribution in [-0.4, -0.2) is 19.6 Å². The van der Waals surface area contributed by atoms with E-state index >= 15 is 0 Å². The van der Waals surface area contributed by atoms with E-state index in [1.807, 2.05) is 38.1 Å². The zero-order chi connectivity index (χ0) is 16.8. The van der Waals surface area contributed by atoms with Gasteiger partial charge in [0.15, 0.2) is 11.5 Å². The molecule has 6 heteroatoms. The average Bonchev–Trinajstić information content (AvgIpc) is 2.56. The molecule has 0 heterocycles. The van der Waals surface area contributed by atoms with Gasteiger partial charge in [0.1, 0.15) is 6.04 Å². The quantitative estimate of drug-likeness (QED) is 0.836. The molecule has 0 fully saturated rings. The van der Waals surface area contributed by atoms with Crippen molar-refractivity contribution in [1.29, 1.82) is 0 Å². The maximum absolute atomic E-state index is 12.3. The first-order valence-corrected chi connectivity index (χ1v) is 7.49. The predicted molar refractivity (Wildman–Crippen MR) is 98.1 cm³/mol. The second-order valence-electron chi connectivity index (χ2n) is 5.18. The summed E-state index contributed by atoms with van der Waals surface area (Å²) in [6, 6.07) is 12.1. The lowest BCUT2D eigenvalue weighted by Crippen LogP contribution is -2.27. The lowest BCUT2D eigenvalue weighted by atomic mass is 10.1. The summed E-state index contributed by atoms with van der Waals surface area (Å²) < 4.78 is 10.7. The van der Waals surface area contributed by atoms with E-state index in [1.165, 1.54) is 0 Å². The Balaban J connectivity index is 0.00000288. The molecule has 2 aromatic carbocycles. The lowest BCUT2D eigenvalue weighted by Gasteiger charge is -2.15. The fourth-order valence-corrected chi connectivity index (χ4v) is 2.17. The first-order valence-electron chi connectivity index (χ1n) is 7.49. The number of rotatable bonds is 6. The summed E-state index contributed by atoms with van der Waals surface area (Å²) in [5.74, 6) is 0.921. The minimum absolute atomic E-state index is 0. The molecule has 2 aromatic rings. The number of aryl methyl sites for hydroxylation is 1. The van der Waals surface area contributed by atoms with Gasteiger partial charge in [0.2, 0.25) is 5.91 Å². The summed E-state index contributed by atoms with van der Waals surface area (Å²) >= 11 is 0. The summed E-state index contributed by atoms with van der Waals surface area (Å²) in [6.45, 7) is 4.43. The molecule has 2 rings (SSSR count). The zero-order valence-electron chi connectivity index (χ0n) is 14.0. The molecule has 0 saturated heterocycles. The Morgan fingerprint density at radius 3 is 2.42 bits per heavy atom. The van der Waals surface area contributed by atoms with Crippen molar-refractivity contribution in [3.8, 4) is 11.5 Å². The van der Waals surface area contributed by atoms with E-state index in [4.69, 9.17) is 15.2 Å². The van der Waals surface area contributed by atoms with Crippen molar-refractivity contribution in [2.45, 2.75) is 19.9 Å². The molecule has 0 bridgehead atoms. The van der Waals surface area contributed by atoms with Gasteiger partial charge in [-0.25, -0.2) is 0 Å². The molecule has 1 atom stereocenters. The van der Waals surface area contributed by atoms with Gasteiger partial charge < -0.3 is 20.5 Å². The van der Waals surface area contributed by atoms with E-state index in [0.717, 1.165) is 11.1 Å². The molecule has 0 aliphatic carbocycles. The molecule has 1 unspecified atom stereocenters. The Kier molecular flexibility index (Phi) is 7.55. The third-order valence-electron chi connectivity index (χ3n) is 3.45. The van der Waals surface area contributed by atoms with Crippen LogP contribution >= 0.6 is 12.4 Å². The van der Waals surface area contributed by atoms with Crippen molar-refractivity contribution in [1.82, 2.24) is 0 Å². The molecule has 0 saturated carbocycles. The predicted octanol–water partition coefficient (Wildman–Crippen LogP) is 3.46. The Labute approximate surface area is 148 Å². The van der Waals surface area contributed by atoms with Crippen LogP contribution < -0.4 is 20.5 Å². The molecule has 1 amide bonds. The highest BCUT2D eigenvalue weighted by Gasteiger charge is 2.16. The standard InChI is InChI=1S/C18H22N2O3.ClH/c1-4-23-15-10-9-14(11-16(15)22-3)20-18(21)17(19)13-7-5-12(2)6-8-13;/h5-11,17H,4,19H2,1-3H3,(H,20,21);1H. The molecule has 0 aromatic heterocycles. The number of benzene rings is 2. The van der Waals surface area contributed by atoms with Crippen LogP contribution in [-0.2, 0) is 4.79 Å². The van der Waals surface area contributed by atoms with Crippen molar-refractivity contribution >= 4 is 24.0 Å². The van der Waals surface area contributed by atoms with Gasteiger partial charge in [-0.3, -0.25) is 4.79 Å². The fourth-order valence-electron chi connectivity index (χ4n) is 2.17. The van der Waals surface area contributed by atoms with E-state index in [2.05, 4.69) is 5.32 Å². The second kappa shape index (κ2) is 9.15. The van der Waals surface area contributed by atoms with Crippen molar-refractivity contribution in [3.05, 3.63) is 53.6 Å². The third-order valence-corrected chi connectivity index (χ3v) is 3.45. The Morgan fingerprint density at radius 2 is 1.83 bits per heavy atom. The van der Waals surface area contributed by atoms with Crippen LogP contribution in [0.1, 0.15) is 24.1 Å². The van der Waals surface area contributed by atoms with Gasteiger partial charge >= 0.3 is 0 Å². The summed E-state index contributed by atoms with van der Waals surface area (Å²) in [7, 11) is 1.56. The van der Waals surface area contributed by atoms with Crippen LogP contribution in [0.15, 0.2) is 42.5 Å². The van der Waals surface area contributed by atoms with Crippen LogP contribution in [0.3, 0.4) is 0 Å². The summed E-state index contributed by atoms with van der Waals surface area (Å²) in [5, 5.41) is 2.80. The number of carbonyl (C=O) groups is 1. The monoisotopic (exact) mass is 350 g/mol. The number of anilines is 1. The fraction of sp³-hybridized carbons (Fsp3) is 0.278. The van der Waals surface area contributed by atoms with Crippen LogP contribution in [0, 0.1) is 6.92 Å². The first kappa shape index (κ1) is 19.8. The van der Waals surface area contributed by atoms with Crippen LogP contribution in [0.2, 0.25) is 0 Å². The summed E-state index contributed by atoms with van der Waals surface area (Å²) in [5.41, 5.74) is 8.52. The number of carbonyl (C=O) groups excluding carboxylic acids is 1. The highest BCUT2D eigenvalue weighted by atomic mass is 35.5. The maximum atomic E-state index is 12.3. The van der Waals surface area contributed by atoms with Gasteiger partial charge in [0, 0.05) is 11.8 Å². The van der Waals surface area contributed by atoms with E-state index in [1.54, 1.807) is 25.3 Å². The van der Waals surface area contributed by atoms with Gasteiger partial charge in [-0.05, 0) is 31.5 Å². The largest absolute Gasteiger partial charge is 0.493 e. The molecular formula is C18H23ClN2O3. The SMILES string of the molecule is CCOc1ccc(NC(=O)C(N)c2ccc(C)cc2)cc1OC.Cl. The number of nitrogens with two attached hydrogens (primary N) is 1. The highest BCUT2D eigenvalue weighted by molar-refractivity contribution is 5.95. The van der Waals surface area contributed by atoms with E-state index in [-0.39, 0.29) is 18.3 Å². The van der Waals surface area contributed by atoms with E-state index in [9.17, 15) is 4.79 Å². The number of halogens is 1. The van der Waals surface area contributed by atoms with Crippen molar-refractivity contribution < 1.29 is 14.3 Å². The highest BCUT2D eigenvalue weighted by Crippen LogP contribution is 2.30.